The van der Waals surface area contributed by atoms with E-state index in [1.54, 1.807) is 0 Å². The van der Waals surface area contributed by atoms with Gasteiger partial charge < -0.3 is 4.40 Å². The summed E-state index contributed by atoms with van der Waals surface area (Å²) in [5, 5.41) is 2.66. The number of nitrogens with zero attached hydrogens (tertiary/aromatic N) is 2. The number of aryl methyl sites for hydroxylation is 1. The molecule has 0 amide bonds. The minimum Gasteiger partial charge on any atom is -0.302 e. The average molecular weight is 269 g/mol. The summed E-state index contributed by atoms with van der Waals surface area (Å²) < 4.78 is 40.4. The molecular weight excluding hydrogens is 255 g/mol. The van der Waals surface area contributed by atoms with Gasteiger partial charge in [-0.2, -0.15) is 13.2 Å². The smallest absolute Gasteiger partial charge is 0.302 e. The maximum absolute atomic E-state index is 12.9. The highest BCUT2D eigenvalue weighted by atomic mass is 19.4. The standard InChI is InChI=1S/C13H14F3N3/c1-9-10(19-7-3-2-4-11(19)18-9)8-17-12(5-6-12)13(14,15)16/h2-4,7,17H,5-6,8H2,1H3. The van der Waals surface area contributed by atoms with Gasteiger partial charge >= 0.3 is 6.18 Å². The number of imidazole rings is 1. The molecule has 102 valence electrons. The Kier molecular flexibility index (Phi) is 2.60. The average Bonchev–Trinajstić information content (AvgIpc) is 3.06. The Morgan fingerprint density at radius 3 is 2.74 bits per heavy atom. The molecule has 1 aliphatic rings. The van der Waals surface area contributed by atoms with Crippen molar-refractivity contribution >= 4 is 5.65 Å². The fourth-order valence-electron chi connectivity index (χ4n) is 2.32. The first-order valence-corrected chi connectivity index (χ1v) is 6.17. The minimum atomic E-state index is -4.18. The Balaban J connectivity index is 1.85. The summed E-state index contributed by atoms with van der Waals surface area (Å²) in [6.07, 6.45) is -2.04. The molecule has 3 nitrogen and oxygen atoms in total. The second kappa shape index (κ2) is 3.96. The topological polar surface area (TPSA) is 29.3 Å². The highest BCUT2D eigenvalue weighted by molar-refractivity contribution is 5.42. The van der Waals surface area contributed by atoms with Gasteiger partial charge in [-0.25, -0.2) is 4.98 Å². The van der Waals surface area contributed by atoms with E-state index in [4.69, 9.17) is 0 Å². The van der Waals surface area contributed by atoms with Crippen LogP contribution < -0.4 is 5.32 Å². The predicted octanol–water partition coefficient (Wildman–Crippen LogP) is 2.83. The second-order valence-electron chi connectivity index (χ2n) is 5.01. The van der Waals surface area contributed by atoms with Gasteiger partial charge in [0.1, 0.15) is 11.2 Å². The first-order valence-electron chi connectivity index (χ1n) is 6.17. The van der Waals surface area contributed by atoms with E-state index in [1.165, 1.54) is 0 Å². The maximum atomic E-state index is 12.9. The second-order valence-corrected chi connectivity index (χ2v) is 5.01. The fourth-order valence-corrected chi connectivity index (χ4v) is 2.32. The van der Waals surface area contributed by atoms with E-state index in [0.717, 1.165) is 17.0 Å². The van der Waals surface area contributed by atoms with Crippen molar-refractivity contribution in [1.29, 1.82) is 0 Å². The zero-order valence-corrected chi connectivity index (χ0v) is 10.5. The van der Waals surface area contributed by atoms with Gasteiger partial charge in [-0.3, -0.25) is 5.32 Å². The number of hydrogen-bond acceptors (Lipinski definition) is 2. The van der Waals surface area contributed by atoms with E-state index >= 15 is 0 Å². The third-order valence-electron chi connectivity index (χ3n) is 3.72. The van der Waals surface area contributed by atoms with Crippen LogP contribution in [-0.2, 0) is 6.54 Å². The van der Waals surface area contributed by atoms with Crippen molar-refractivity contribution in [1.82, 2.24) is 14.7 Å². The van der Waals surface area contributed by atoms with Gasteiger partial charge in [0, 0.05) is 12.7 Å². The van der Waals surface area contributed by atoms with Gasteiger partial charge in [-0.05, 0) is 31.9 Å². The zero-order valence-electron chi connectivity index (χ0n) is 10.5. The summed E-state index contributed by atoms with van der Waals surface area (Å²) >= 11 is 0. The molecule has 0 aromatic carbocycles. The van der Waals surface area contributed by atoms with E-state index in [0.29, 0.717) is 0 Å². The van der Waals surface area contributed by atoms with Crippen molar-refractivity contribution in [2.75, 3.05) is 0 Å². The van der Waals surface area contributed by atoms with E-state index in [9.17, 15) is 13.2 Å². The number of rotatable bonds is 3. The molecule has 0 atom stereocenters. The monoisotopic (exact) mass is 269 g/mol. The molecule has 0 aliphatic heterocycles. The predicted molar refractivity (Wildman–Crippen MR) is 64.8 cm³/mol. The van der Waals surface area contributed by atoms with E-state index in [1.807, 2.05) is 35.7 Å². The van der Waals surface area contributed by atoms with Crippen LogP contribution in [0.2, 0.25) is 0 Å². The minimum absolute atomic E-state index is 0.159. The van der Waals surface area contributed by atoms with Gasteiger partial charge in [0.2, 0.25) is 0 Å². The SMILES string of the molecule is Cc1nc2ccccn2c1CNC1(C(F)(F)F)CC1. The maximum Gasteiger partial charge on any atom is 0.406 e. The zero-order chi connectivity index (χ0) is 13.7. The molecule has 6 heteroatoms. The Bertz CT molecular complexity index is 611. The van der Waals surface area contributed by atoms with Crippen LogP contribution >= 0.6 is 0 Å². The van der Waals surface area contributed by atoms with Crippen LogP contribution in [0.15, 0.2) is 24.4 Å². The number of alkyl halides is 3. The molecule has 3 rings (SSSR count). The van der Waals surface area contributed by atoms with E-state index in [2.05, 4.69) is 10.3 Å². The largest absolute Gasteiger partial charge is 0.406 e. The van der Waals surface area contributed by atoms with Gasteiger partial charge in [-0.1, -0.05) is 6.07 Å². The Morgan fingerprint density at radius 1 is 1.37 bits per heavy atom. The van der Waals surface area contributed by atoms with Gasteiger partial charge in [0.15, 0.2) is 0 Å². The van der Waals surface area contributed by atoms with Crippen molar-refractivity contribution in [3.05, 3.63) is 35.8 Å². The van der Waals surface area contributed by atoms with Crippen molar-refractivity contribution in [3.63, 3.8) is 0 Å². The van der Waals surface area contributed by atoms with Crippen LogP contribution in [0.3, 0.4) is 0 Å². The highest BCUT2D eigenvalue weighted by Crippen LogP contribution is 2.49. The van der Waals surface area contributed by atoms with E-state index in [-0.39, 0.29) is 19.4 Å². The molecule has 0 saturated heterocycles. The molecule has 0 radical (unpaired) electrons. The molecule has 2 aromatic heterocycles. The molecular formula is C13H14F3N3. The van der Waals surface area contributed by atoms with Crippen LogP contribution in [0, 0.1) is 6.92 Å². The summed E-state index contributed by atoms with van der Waals surface area (Å²) in [5.74, 6) is 0. The van der Waals surface area contributed by atoms with Crippen LogP contribution in [0.4, 0.5) is 13.2 Å². The Hall–Kier alpha value is -1.56. The van der Waals surface area contributed by atoms with Crippen molar-refractivity contribution in [2.45, 2.75) is 38.0 Å². The van der Waals surface area contributed by atoms with Crippen molar-refractivity contribution in [2.24, 2.45) is 0 Å². The van der Waals surface area contributed by atoms with Gasteiger partial charge in [-0.15, -0.1) is 0 Å². The van der Waals surface area contributed by atoms with Crippen LogP contribution in [-0.4, -0.2) is 21.1 Å². The highest BCUT2D eigenvalue weighted by Gasteiger charge is 2.63. The van der Waals surface area contributed by atoms with Gasteiger partial charge in [0.05, 0.1) is 11.4 Å². The number of fused-ring (bicyclic) bond motifs is 1. The van der Waals surface area contributed by atoms with Crippen LogP contribution in [0.25, 0.3) is 5.65 Å². The molecule has 1 saturated carbocycles. The van der Waals surface area contributed by atoms with Gasteiger partial charge in [0.25, 0.3) is 0 Å². The normalized spacial score (nSPS) is 17.9. The fraction of sp³-hybridized carbons (Fsp3) is 0.462. The molecule has 1 aliphatic carbocycles. The molecule has 0 spiro atoms. The summed E-state index contributed by atoms with van der Waals surface area (Å²) in [4.78, 5) is 4.34. The molecule has 0 bridgehead atoms. The lowest BCUT2D eigenvalue weighted by molar-refractivity contribution is -0.166. The summed E-state index contributed by atoms with van der Waals surface area (Å²) in [6.45, 7) is 1.99. The number of nitrogens with one attached hydrogen (secondary N) is 1. The molecule has 1 N–H and O–H groups in total. The van der Waals surface area contributed by atoms with E-state index < -0.39 is 11.7 Å². The number of aromatic nitrogens is 2. The van der Waals surface area contributed by atoms with Crippen molar-refractivity contribution in [3.8, 4) is 0 Å². The lowest BCUT2D eigenvalue weighted by Gasteiger charge is -2.20. The molecule has 1 fully saturated rings. The summed E-state index contributed by atoms with van der Waals surface area (Å²) in [6, 6.07) is 5.54. The number of pyridine rings is 1. The number of halogens is 3. The molecule has 0 unspecified atom stereocenters. The number of hydrogen-bond donors (Lipinski definition) is 1. The first kappa shape index (κ1) is 12.5. The quantitative estimate of drug-likeness (QED) is 0.928. The molecule has 2 heterocycles. The lowest BCUT2D eigenvalue weighted by Crippen LogP contribution is -2.44. The molecule has 19 heavy (non-hydrogen) atoms. The third kappa shape index (κ3) is 2.00. The lowest BCUT2D eigenvalue weighted by atomic mass is 10.2. The summed E-state index contributed by atoms with van der Waals surface area (Å²) in [5.41, 5.74) is 0.620. The van der Waals surface area contributed by atoms with Crippen LogP contribution in [0.1, 0.15) is 24.2 Å². The van der Waals surface area contributed by atoms with Crippen molar-refractivity contribution < 1.29 is 13.2 Å². The Labute approximate surface area is 108 Å². The first-order chi connectivity index (χ1) is 8.93. The third-order valence-corrected chi connectivity index (χ3v) is 3.72. The molecule has 2 aromatic rings. The Morgan fingerprint density at radius 2 is 2.11 bits per heavy atom. The summed E-state index contributed by atoms with van der Waals surface area (Å²) in [7, 11) is 0. The van der Waals surface area contributed by atoms with Crippen LogP contribution in [0.5, 0.6) is 0 Å².